The summed E-state index contributed by atoms with van der Waals surface area (Å²) < 4.78 is 1.93. The van der Waals surface area contributed by atoms with Crippen LogP contribution in [0.25, 0.3) is 10.1 Å². The second-order valence-corrected chi connectivity index (χ2v) is 4.37. The van der Waals surface area contributed by atoms with Gasteiger partial charge in [0.05, 0.1) is 5.56 Å². The summed E-state index contributed by atoms with van der Waals surface area (Å²) in [5.41, 5.74) is 0.317. The summed E-state index contributed by atoms with van der Waals surface area (Å²) in [6.45, 7) is 0. The van der Waals surface area contributed by atoms with Crippen molar-refractivity contribution in [1.29, 1.82) is 0 Å². The fourth-order valence-corrected chi connectivity index (χ4v) is 2.70. The Morgan fingerprint density at radius 1 is 1.46 bits per heavy atom. The Balaban J connectivity index is 2.77. The van der Waals surface area contributed by atoms with E-state index in [1.54, 1.807) is 23.5 Å². The molecule has 1 N–H and O–H groups in total. The van der Waals surface area contributed by atoms with Gasteiger partial charge >= 0.3 is 5.97 Å². The maximum Gasteiger partial charge on any atom is 0.335 e. The van der Waals surface area contributed by atoms with Crippen molar-refractivity contribution in [2.45, 2.75) is 0 Å². The average Bonchev–Trinajstić information content (AvgIpc) is 2.51. The standard InChI is InChI=1S/C9H5BrO2S/c10-7-4-6(9(11)12)3-5-1-2-13-8(5)7/h1-4H,(H,11,12). The molecular weight excluding hydrogens is 252 g/mol. The van der Waals surface area contributed by atoms with Crippen LogP contribution in [-0.4, -0.2) is 11.1 Å². The number of benzene rings is 1. The predicted octanol–water partition coefficient (Wildman–Crippen LogP) is 3.36. The highest BCUT2D eigenvalue weighted by molar-refractivity contribution is 9.10. The van der Waals surface area contributed by atoms with Gasteiger partial charge in [-0.1, -0.05) is 0 Å². The van der Waals surface area contributed by atoms with E-state index in [1.807, 2.05) is 11.4 Å². The third-order valence-corrected chi connectivity index (χ3v) is 3.60. The molecule has 13 heavy (non-hydrogen) atoms. The molecule has 0 aliphatic rings. The normalized spacial score (nSPS) is 10.5. The molecule has 0 saturated carbocycles. The number of carbonyl (C=O) groups is 1. The Labute approximate surface area is 86.9 Å². The van der Waals surface area contributed by atoms with Crippen molar-refractivity contribution in [2.75, 3.05) is 0 Å². The maximum atomic E-state index is 10.7. The first-order valence-electron chi connectivity index (χ1n) is 3.58. The molecule has 1 heterocycles. The molecule has 0 aliphatic heterocycles. The molecule has 0 aliphatic carbocycles. The van der Waals surface area contributed by atoms with E-state index in [4.69, 9.17) is 5.11 Å². The van der Waals surface area contributed by atoms with E-state index in [0.29, 0.717) is 5.56 Å². The van der Waals surface area contributed by atoms with Gasteiger partial charge in [-0.3, -0.25) is 0 Å². The molecule has 0 spiro atoms. The number of rotatable bonds is 1. The minimum Gasteiger partial charge on any atom is -0.478 e. The molecule has 0 amide bonds. The first kappa shape index (κ1) is 8.72. The number of carboxylic acids is 1. The predicted molar refractivity (Wildman–Crippen MR) is 56.5 cm³/mol. The number of hydrogen-bond acceptors (Lipinski definition) is 2. The van der Waals surface area contributed by atoms with E-state index < -0.39 is 5.97 Å². The minimum atomic E-state index is -0.895. The van der Waals surface area contributed by atoms with Gasteiger partial charge in [-0.15, -0.1) is 11.3 Å². The molecule has 0 saturated heterocycles. The highest BCUT2D eigenvalue weighted by Gasteiger charge is 2.07. The lowest BCUT2D eigenvalue weighted by Crippen LogP contribution is -1.95. The zero-order valence-corrected chi connectivity index (χ0v) is 8.85. The summed E-state index contributed by atoms with van der Waals surface area (Å²) in [5, 5.41) is 11.7. The molecule has 2 rings (SSSR count). The number of aromatic carboxylic acids is 1. The van der Waals surface area contributed by atoms with Crippen LogP contribution < -0.4 is 0 Å². The summed E-state index contributed by atoms with van der Waals surface area (Å²) in [6, 6.07) is 5.22. The molecule has 1 aromatic carbocycles. The first-order chi connectivity index (χ1) is 6.18. The van der Waals surface area contributed by atoms with E-state index in [2.05, 4.69) is 15.9 Å². The summed E-state index contributed by atoms with van der Waals surface area (Å²) in [6.07, 6.45) is 0. The van der Waals surface area contributed by atoms with Gasteiger partial charge in [-0.05, 0) is 44.9 Å². The van der Waals surface area contributed by atoms with Gasteiger partial charge in [0.2, 0.25) is 0 Å². The van der Waals surface area contributed by atoms with E-state index in [1.165, 1.54) is 0 Å². The van der Waals surface area contributed by atoms with Gasteiger partial charge < -0.3 is 5.11 Å². The number of thiophene rings is 1. The van der Waals surface area contributed by atoms with Crippen LogP contribution in [0.2, 0.25) is 0 Å². The number of fused-ring (bicyclic) bond motifs is 1. The Morgan fingerprint density at radius 2 is 2.23 bits per heavy atom. The molecule has 66 valence electrons. The molecule has 4 heteroatoms. The smallest absolute Gasteiger partial charge is 0.335 e. The van der Waals surface area contributed by atoms with Gasteiger partial charge in [0, 0.05) is 9.17 Å². The highest BCUT2D eigenvalue weighted by atomic mass is 79.9. The fraction of sp³-hybridized carbons (Fsp3) is 0. The Kier molecular flexibility index (Phi) is 2.09. The minimum absolute atomic E-state index is 0.317. The lowest BCUT2D eigenvalue weighted by Gasteiger charge is -1.97. The van der Waals surface area contributed by atoms with Crippen molar-refractivity contribution in [1.82, 2.24) is 0 Å². The Hall–Kier alpha value is -0.870. The van der Waals surface area contributed by atoms with Gasteiger partial charge in [-0.25, -0.2) is 4.79 Å². The van der Waals surface area contributed by atoms with Crippen molar-refractivity contribution in [3.63, 3.8) is 0 Å². The molecule has 2 aromatic rings. The van der Waals surface area contributed by atoms with Gasteiger partial charge in [0.15, 0.2) is 0 Å². The molecule has 0 radical (unpaired) electrons. The summed E-state index contributed by atoms with van der Waals surface area (Å²) in [5.74, 6) is -0.895. The topological polar surface area (TPSA) is 37.3 Å². The number of carboxylic acid groups (broad SMARTS) is 1. The van der Waals surface area contributed by atoms with Crippen LogP contribution in [-0.2, 0) is 0 Å². The summed E-state index contributed by atoms with van der Waals surface area (Å²) in [4.78, 5) is 10.7. The number of halogens is 1. The Bertz CT molecular complexity index is 475. The maximum absolute atomic E-state index is 10.7. The molecule has 1 aromatic heterocycles. The molecule has 0 fully saturated rings. The molecule has 0 unspecified atom stereocenters. The molecular formula is C9H5BrO2S. The highest BCUT2D eigenvalue weighted by Crippen LogP contribution is 2.30. The quantitative estimate of drug-likeness (QED) is 0.850. The van der Waals surface area contributed by atoms with Gasteiger partial charge in [-0.2, -0.15) is 0 Å². The van der Waals surface area contributed by atoms with Gasteiger partial charge in [0.1, 0.15) is 0 Å². The lowest BCUT2D eigenvalue weighted by molar-refractivity contribution is 0.0697. The lowest BCUT2D eigenvalue weighted by atomic mass is 10.2. The molecule has 0 atom stereocenters. The summed E-state index contributed by atoms with van der Waals surface area (Å²) >= 11 is 4.94. The van der Waals surface area contributed by atoms with Crippen LogP contribution in [0.15, 0.2) is 28.1 Å². The fourth-order valence-electron chi connectivity index (χ4n) is 1.16. The van der Waals surface area contributed by atoms with Crippen LogP contribution in [0.5, 0.6) is 0 Å². The third kappa shape index (κ3) is 1.47. The second-order valence-electron chi connectivity index (χ2n) is 2.60. The van der Waals surface area contributed by atoms with E-state index >= 15 is 0 Å². The van der Waals surface area contributed by atoms with E-state index in [0.717, 1.165) is 14.6 Å². The van der Waals surface area contributed by atoms with Crippen LogP contribution >= 0.6 is 27.3 Å². The molecule has 0 bridgehead atoms. The largest absolute Gasteiger partial charge is 0.478 e. The van der Waals surface area contributed by atoms with Crippen LogP contribution in [0, 0.1) is 0 Å². The van der Waals surface area contributed by atoms with Crippen molar-refractivity contribution in [3.05, 3.63) is 33.6 Å². The average molecular weight is 257 g/mol. The van der Waals surface area contributed by atoms with Gasteiger partial charge in [0.25, 0.3) is 0 Å². The second kappa shape index (κ2) is 3.12. The SMILES string of the molecule is O=C(O)c1cc(Br)c2sccc2c1. The van der Waals surface area contributed by atoms with E-state index in [9.17, 15) is 4.79 Å². The first-order valence-corrected chi connectivity index (χ1v) is 5.26. The summed E-state index contributed by atoms with van der Waals surface area (Å²) in [7, 11) is 0. The van der Waals surface area contributed by atoms with Crippen LogP contribution in [0.4, 0.5) is 0 Å². The van der Waals surface area contributed by atoms with Crippen molar-refractivity contribution in [3.8, 4) is 0 Å². The van der Waals surface area contributed by atoms with Crippen molar-refractivity contribution < 1.29 is 9.90 Å². The van der Waals surface area contributed by atoms with Crippen LogP contribution in [0.1, 0.15) is 10.4 Å². The monoisotopic (exact) mass is 256 g/mol. The Morgan fingerprint density at radius 3 is 2.92 bits per heavy atom. The number of hydrogen-bond donors (Lipinski definition) is 1. The van der Waals surface area contributed by atoms with Crippen molar-refractivity contribution in [2.24, 2.45) is 0 Å². The molecule has 2 nitrogen and oxygen atoms in total. The van der Waals surface area contributed by atoms with E-state index in [-0.39, 0.29) is 0 Å². The van der Waals surface area contributed by atoms with Crippen LogP contribution in [0.3, 0.4) is 0 Å². The third-order valence-electron chi connectivity index (χ3n) is 1.75. The van der Waals surface area contributed by atoms with Crippen molar-refractivity contribution >= 4 is 43.3 Å². The zero-order valence-electron chi connectivity index (χ0n) is 6.45. The zero-order chi connectivity index (χ0) is 9.42.